The first-order valence-corrected chi connectivity index (χ1v) is 9.92. The van der Waals surface area contributed by atoms with Crippen molar-refractivity contribution in [3.05, 3.63) is 40.5 Å². The number of esters is 1. The highest BCUT2D eigenvalue weighted by Gasteiger charge is 2.35. The number of rotatable bonds is 6. The van der Waals surface area contributed by atoms with Crippen molar-refractivity contribution in [3.63, 3.8) is 0 Å². The van der Waals surface area contributed by atoms with Crippen molar-refractivity contribution < 1.29 is 38.4 Å². The van der Waals surface area contributed by atoms with Gasteiger partial charge in [-0.2, -0.15) is 0 Å². The predicted molar refractivity (Wildman–Crippen MR) is 109 cm³/mol. The molecule has 0 unspecified atom stereocenters. The maximum atomic E-state index is 13.6. The maximum Gasteiger partial charge on any atom is 0.340 e. The normalized spacial score (nSPS) is 15.0. The van der Waals surface area contributed by atoms with E-state index in [0.717, 1.165) is 0 Å². The van der Waals surface area contributed by atoms with Gasteiger partial charge in [-0.3, -0.25) is 4.79 Å². The van der Waals surface area contributed by atoms with E-state index >= 15 is 0 Å². The third kappa shape index (κ3) is 3.78. The van der Waals surface area contributed by atoms with Gasteiger partial charge in [0.15, 0.2) is 0 Å². The second-order valence-electron chi connectivity index (χ2n) is 6.43. The summed E-state index contributed by atoms with van der Waals surface area (Å²) in [4.78, 5) is 26.7. The Bertz CT molecular complexity index is 1000. The summed E-state index contributed by atoms with van der Waals surface area (Å²) in [6.45, 7) is 1.76. The second kappa shape index (κ2) is 8.85. The summed E-state index contributed by atoms with van der Waals surface area (Å²) in [5, 5.41) is 10.5. The SMILES string of the molecule is COC(=O)c1c2c(cc(OC)c1C(=O)c1c(O)cc(C)cc1OC)O[C@@H](OC)CS2. The first kappa shape index (κ1) is 21.8. The molecular formula is C21H22O8S. The molecule has 0 aliphatic carbocycles. The summed E-state index contributed by atoms with van der Waals surface area (Å²) in [6.07, 6.45) is -0.513. The molecular weight excluding hydrogens is 412 g/mol. The summed E-state index contributed by atoms with van der Waals surface area (Å²) in [6, 6.07) is 4.58. The highest BCUT2D eigenvalue weighted by atomic mass is 32.2. The average Bonchev–Trinajstić information content (AvgIpc) is 2.75. The molecule has 0 aromatic heterocycles. The predicted octanol–water partition coefficient (Wildman–Crippen LogP) is 3.19. The fourth-order valence-electron chi connectivity index (χ4n) is 3.22. The summed E-state index contributed by atoms with van der Waals surface area (Å²) < 4.78 is 26.7. The number of thioether (sulfide) groups is 1. The summed E-state index contributed by atoms with van der Waals surface area (Å²) in [7, 11) is 5.50. The van der Waals surface area contributed by atoms with Gasteiger partial charge in [-0.05, 0) is 24.6 Å². The minimum atomic E-state index is -0.731. The number of phenolic OH excluding ortho intramolecular Hbond substituents is 1. The lowest BCUT2D eigenvalue weighted by molar-refractivity contribution is -0.0388. The monoisotopic (exact) mass is 434 g/mol. The molecule has 0 fully saturated rings. The number of phenols is 1. The highest BCUT2D eigenvalue weighted by molar-refractivity contribution is 7.99. The molecule has 2 aromatic rings. The number of aryl methyl sites for hydroxylation is 1. The lowest BCUT2D eigenvalue weighted by atomic mass is 9.94. The molecule has 0 saturated heterocycles. The van der Waals surface area contributed by atoms with E-state index in [0.29, 0.717) is 22.0 Å². The van der Waals surface area contributed by atoms with Crippen LogP contribution >= 0.6 is 11.8 Å². The molecule has 1 atom stereocenters. The van der Waals surface area contributed by atoms with Crippen LogP contribution in [0, 0.1) is 6.92 Å². The fraction of sp³-hybridized carbons (Fsp3) is 0.333. The van der Waals surface area contributed by atoms with Crippen molar-refractivity contribution >= 4 is 23.5 Å². The lowest BCUT2D eigenvalue weighted by Gasteiger charge is -2.27. The number of carbonyl (C=O) groups excluding carboxylic acids is 2. The van der Waals surface area contributed by atoms with Crippen LogP contribution < -0.4 is 14.2 Å². The van der Waals surface area contributed by atoms with Gasteiger partial charge in [-0.1, -0.05) is 0 Å². The van der Waals surface area contributed by atoms with Crippen molar-refractivity contribution in [2.75, 3.05) is 34.2 Å². The molecule has 0 spiro atoms. The van der Waals surface area contributed by atoms with E-state index in [9.17, 15) is 14.7 Å². The second-order valence-corrected chi connectivity index (χ2v) is 7.46. The molecule has 0 radical (unpaired) electrons. The average molecular weight is 434 g/mol. The Hall–Kier alpha value is -2.91. The molecule has 0 amide bonds. The number of ether oxygens (including phenoxy) is 5. The minimum Gasteiger partial charge on any atom is -0.507 e. The number of hydrogen-bond donors (Lipinski definition) is 1. The van der Waals surface area contributed by atoms with Crippen molar-refractivity contribution in [1.29, 1.82) is 0 Å². The number of methoxy groups -OCH3 is 4. The van der Waals surface area contributed by atoms with E-state index in [1.807, 2.05) is 0 Å². The van der Waals surface area contributed by atoms with E-state index in [4.69, 9.17) is 23.7 Å². The zero-order valence-corrected chi connectivity index (χ0v) is 18.0. The van der Waals surface area contributed by atoms with Crippen LogP contribution in [-0.4, -0.2) is 57.3 Å². The molecule has 0 saturated carbocycles. The third-order valence-electron chi connectivity index (χ3n) is 4.60. The Morgan fingerprint density at radius 3 is 2.30 bits per heavy atom. The van der Waals surface area contributed by atoms with Crippen LogP contribution in [0.25, 0.3) is 0 Å². The quantitative estimate of drug-likeness (QED) is 0.542. The molecule has 3 rings (SSSR count). The Kier molecular flexibility index (Phi) is 6.42. The first-order valence-electron chi connectivity index (χ1n) is 8.94. The van der Waals surface area contributed by atoms with Crippen LogP contribution in [0.5, 0.6) is 23.0 Å². The van der Waals surface area contributed by atoms with E-state index in [1.165, 1.54) is 52.3 Å². The number of ketones is 1. The van der Waals surface area contributed by atoms with Gasteiger partial charge in [-0.15, -0.1) is 11.8 Å². The van der Waals surface area contributed by atoms with E-state index in [-0.39, 0.29) is 33.9 Å². The van der Waals surface area contributed by atoms with Crippen molar-refractivity contribution in [2.24, 2.45) is 0 Å². The third-order valence-corrected chi connectivity index (χ3v) is 5.74. The largest absolute Gasteiger partial charge is 0.507 e. The van der Waals surface area contributed by atoms with Gasteiger partial charge in [0.05, 0.1) is 43.1 Å². The van der Waals surface area contributed by atoms with Gasteiger partial charge in [-0.25, -0.2) is 4.79 Å². The minimum absolute atomic E-state index is 0.00145. The molecule has 30 heavy (non-hydrogen) atoms. The van der Waals surface area contributed by atoms with E-state index in [1.54, 1.807) is 13.0 Å². The van der Waals surface area contributed by atoms with E-state index in [2.05, 4.69) is 0 Å². The molecule has 1 aliphatic rings. The summed E-state index contributed by atoms with van der Waals surface area (Å²) >= 11 is 1.30. The molecule has 160 valence electrons. The molecule has 0 bridgehead atoms. The Labute approximate surface area is 178 Å². The van der Waals surface area contributed by atoms with Gasteiger partial charge >= 0.3 is 5.97 Å². The lowest BCUT2D eigenvalue weighted by Crippen LogP contribution is -2.27. The Morgan fingerprint density at radius 2 is 1.70 bits per heavy atom. The number of hydrogen-bond acceptors (Lipinski definition) is 9. The topological polar surface area (TPSA) is 101 Å². The molecule has 8 nitrogen and oxygen atoms in total. The van der Waals surface area contributed by atoms with Gasteiger partial charge in [0.2, 0.25) is 12.1 Å². The molecule has 1 aliphatic heterocycles. The zero-order valence-electron chi connectivity index (χ0n) is 17.2. The van der Waals surface area contributed by atoms with Crippen LogP contribution in [0.2, 0.25) is 0 Å². The van der Waals surface area contributed by atoms with Crippen LogP contribution in [0.3, 0.4) is 0 Å². The van der Waals surface area contributed by atoms with E-state index < -0.39 is 18.0 Å². The highest BCUT2D eigenvalue weighted by Crippen LogP contribution is 2.45. The zero-order chi connectivity index (χ0) is 22.0. The van der Waals surface area contributed by atoms with Crippen LogP contribution in [0.1, 0.15) is 31.8 Å². The van der Waals surface area contributed by atoms with Crippen LogP contribution in [0.15, 0.2) is 23.1 Å². The van der Waals surface area contributed by atoms with Crippen molar-refractivity contribution in [2.45, 2.75) is 18.1 Å². The summed E-state index contributed by atoms with van der Waals surface area (Å²) in [5.41, 5.74) is 0.579. The molecule has 2 aromatic carbocycles. The van der Waals surface area contributed by atoms with Crippen LogP contribution in [-0.2, 0) is 9.47 Å². The fourth-order valence-corrected chi connectivity index (χ4v) is 4.31. The molecule has 1 N–H and O–H groups in total. The number of carbonyl (C=O) groups is 2. The number of fused-ring (bicyclic) bond motifs is 1. The van der Waals surface area contributed by atoms with Gasteiger partial charge < -0.3 is 28.8 Å². The maximum absolute atomic E-state index is 13.6. The van der Waals surface area contributed by atoms with Crippen molar-refractivity contribution in [3.8, 4) is 23.0 Å². The standard InChI is InChI=1S/C21H22O8S/c1-10-6-11(22)16(12(7-10)25-2)19(23)17-13(26-3)8-14-20(18(17)21(24)28-5)30-9-15(27-4)29-14/h6-8,15,22H,9H2,1-5H3/t15-/m1/s1. The molecule has 9 heteroatoms. The Morgan fingerprint density at radius 1 is 1.03 bits per heavy atom. The summed E-state index contributed by atoms with van der Waals surface area (Å²) in [5.74, 6) is -0.616. The number of aromatic hydroxyl groups is 1. The van der Waals surface area contributed by atoms with Crippen LogP contribution in [0.4, 0.5) is 0 Å². The smallest absolute Gasteiger partial charge is 0.340 e. The van der Waals surface area contributed by atoms with Crippen molar-refractivity contribution in [1.82, 2.24) is 0 Å². The number of benzene rings is 2. The van der Waals surface area contributed by atoms with Gasteiger partial charge in [0.25, 0.3) is 0 Å². The Balaban J connectivity index is 2.29. The van der Waals surface area contributed by atoms with Gasteiger partial charge in [0.1, 0.15) is 28.6 Å². The molecule has 1 heterocycles. The van der Waals surface area contributed by atoms with Gasteiger partial charge in [0, 0.05) is 13.2 Å². The first-order chi connectivity index (χ1) is 14.4.